The molecule has 10 nitrogen and oxygen atoms in total. The highest BCUT2D eigenvalue weighted by molar-refractivity contribution is 7.89. The molecule has 0 bridgehead atoms. The number of rotatable bonds is 9. The monoisotopic (exact) mass is 612 g/mol. The van der Waals surface area contributed by atoms with Crippen molar-refractivity contribution in [2.24, 2.45) is 0 Å². The summed E-state index contributed by atoms with van der Waals surface area (Å²) >= 11 is 0. The summed E-state index contributed by atoms with van der Waals surface area (Å²) in [6.07, 6.45) is 6.71. The van der Waals surface area contributed by atoms with E-state index in [1.165, 1.54) is 6.26 Å². The average molecular weight is 613 g/mol. The van der Waals surface area contributed by atoms with Gasteiger partial charge >= 0.3 is 0 Å². The van der Waals surface area contributed by atoms with Crippen LogP contribution in [0.5, 0.6) is 5.75 Å². The fourth-order valence-electron chi connectivity index (χ4n) is 5.83. The zero-order chi connectivity index (χ0) is 31.0. The average Bonchev–Trinajstić information content (AvgIpc) is 3.67. The van der Waals surface area contributed by atoms with Crippen LogP contribution in [0.4, 0.5) is 17.6 Å². The number of nitrogens with one attached hydrogen (secondary N) is 1. The second kappa shape index (κ2) is 11.9. The molecule has 0 aliphatic carbocycles. The van der Waals surface area contributed by atoms with Gasteiger partial charge in [-0.15, -0.1) is 0 Å². The first-order valence-electron chi connectivity index (χ1n) is 14.5. The lowest BCUT2D eigenvalue weighted by atomic mass is 10.0. The van der Waals surface area contributed by atoms with Gasteiger partial charge in [-0.05, 0) is 72.7 Å². The van der Waals surface area contributed by atoms with E-state index in [0.717, 1.165) is 75.4 Å². The molecular weight excluding hydrogens is 576 g/mol. The molecule has 0 radical (unpaired) electrons. The van der Waals surface area contributed by atoms with Gasteiger partial charge in [-0.2, -0.15) is 4.98 Å². The third-order valence-corrected chi connectivity index (χ3v) is 9.03. The van der Waals surface area contributed by atoms with Crippen LogP contribution in [0.3, 0.4) is 0 Å². The number of aliphatic hydroxyl groups is 1. The van der Waals surface area contributed by atoms with Crippen molar-refractivity contribution in [3.63, 3.8) is 0 Å². The van der Waals surface area contributed by atoms with Gasteiger partial charge in [-0.1, -0.05) is 30.3 Å². The molecule has 3 aromatic carbocycles. The Morgan fingerprint density at radius 2 is 1.89 bits per heavy atom. The number of anilines is 3. The Kier molecular flexibility index (Phi) is 8.00. The van der Waals surface area contributed by atoms with Gasteiger partial charge in [0.1, 0.15) is 17.9 Å². The van der Waals surface area contributed by atoms with E-state index in [4.69, 9.17) is 14.7 Å². The van der Waals surface area contributed by atoms with Gasteiger partial charge < -0.3 is 24.6 Å². The van der Waals surface area contributed by atoms with E-state index >= 15 is 0 Å². The maximum atomic E-state index is 11.9. The third kappa shape index (κ3) is 6.11. The first kappa shape index (κ1) is 29.6. The standard InChI is InChI=1S/C33H36N6O4S/c1-21-13-27(16-30(43-3)22(21)2)38-17-31(34-20-38)36-33-35-29-15-25(24-8-5-7-23(14-24)19-44(4,41)42)10-11-28(29)32(37-33)39-12-6-9-26(39)18-40/h5,7-8,10-11,13-17,20,26,40H,6,9,12,18-19H2,1-4H3,(H,35,36,37)/t26-/m0/s1. The molecule has 1 atom stereocenters. The van der Waals surface area contributed by atoms with Crippen LogP contribution in [0.2, 0.25) is 0 Å². The van der Waals surface area contributed by atoms with Crippen LogP contribution in [0.15, 0.2) is 67.1 Å². The third-order valence-electron chi connectivity index (χ3n) is 8.17. The SMILES string of the molecule is COc1cc(-n2cnc(Nc3nc(N4CCC[C@H]4CO)c4ccc(-c5cccc(CS(C)(=O)=O)c5)cc4n3)c2)cc(C)c1C. The molecule has 5 aromatic rings. The number of nitrogens with zero attached hydrogens (tertiary/aromatic N) is 5. The van der Waals surface area contributed by atoms with Gasteiger partial charge in [0.25, 0.3) is 0 Å². The van der Waals surface area contributed by atoms with Gasteiger partial charge in [0, 0.05) is 24.3 Å². The molecule has 1 aliphatic rings. The van der Waals surface area contributed by atoms with E-state index in [-0.39, 0.29) is 18.4 Å². The van der Waals surface area contributed by atoms with Crippen LogP contribution in [-0.2, 0) is 15.6 Å². The Balaban J connectivity index is 1.39. The smallest absolute Gasteiger partial charge is 0.230 e. The van der Waals surface area contributed by atoms with Gasteiger partial charge in [0.2, 0.25) is 5.95 Å². The Morgan fingerprint density at radius 1 is 1.07 bits per heavy atom. The van der Waals surface area contributed by atoms with Crippen LogP contribution in [0, 0.1) is 13.8 Å². The zero-order valence-corrected chi connectivity index (χ0v) is 26.1. The number of benzene rings is 3. The van der Waals surface area contributed by atoms with E-state index in [1.807, 2.05) is 66.2 Å². The van der Waals surface area contributed by atoms with Crippen molar-refractivity contribution in [1.29, 1.82) is 0 Å². The van der Waals surface area contributed by atoms with Gasteiger partial charge in [-0.25, -0.2) is 18.4 Å². The van der Waals surface area contributed by atoms with Crippen molar-refractivity contribution in [3.8, 4) is 22.6 Å². The molecule has 1 saturated heterocycles. The molecule has 0 amide bonds. The number of hydrogen-bond donors (Lipinski definition) is 2. The van der Waals surface area contributed by atoms with Crippen LogP contribution < -0.4 is 15.0 Å². The highest BCUT2D eigenvalue weighted by Gasteiger charge is 2.27. The Bertz CT molecular complexity index is 1960. The number of ether oxygens (including phenoxy) is 1. The summed E-state index contributed by atoms with van der Waals surface area (Å²) in [5.74, 6) is 2.52. The molecular formula is C33H36N6O4S. The van der Waals surface area contributed by atoms with Crippen molar-refractivity contribution in [2.75, 3.05) is 36.7 Å². The first-order valence-corrected chi connectivity index (χ1v) is 16.6. The largest absolute Gasteiger partial charge is 0.496 e. The van der Waals surface area contributed by atoms with Crippen molar-refractivity contribution < 1.29 is 18.3 Å². The molecule has 44 heavy (non-hydrogen) atoms. The predicted molar refractivity (Wildman–Crippen MR) is 174 cm³/mol. The van der Waals surface area contributed by atoms with E-state index in [2.05, 4.69) is 28.2 Å². The minimum Gasteiger partial charge on any atom is -0.496 e. The summed E-state index contributed by atoms with van der Waals surface area (Å²) in [6.45, 7) is 4.92. The van der Waals surface area contributed by atoms with Crippen LogP contribution in [0.25, 0.3) is 27.7 Å². The summed E-state index contributed by atoms with van der Waals surface area (Å²) < 4.78 is 31.3. The quantitative estimate of drug-likeness (QED) is 0.227. The minimum absolute atomic E-state index is 0.0199. The van der Waals surface area contributed by atoms with Crippen molar-refractivity contribution >= 4 is 38.3 Å². The lowest BCUT2D eigenvalue weighted by Crippen LogP contribution is -2.33. The lowest BCUT2D eigenvalue weighted by Gasteiger charge is -2.26. The number of hydrogen-bond acceptors (Lipinski definition) is 9. The van der Waals surface area contributed by atoms with E-state index in [1.54, 1.807) is 13.4 Å². The predicted octanol–water partition coefficient (Wildman–Crippen LogP) is 5.36. The molecule has 1 aliphatic heterocycles. The molecule has 0 saturated carbocycles. The maximum absolute atomic E-state index is 11.9. The van der Waals surface area contributed by atoms with Gasteiger partial charge in [-0.3, -0.25) is 0 Å². The van der Waals surface area contributed by atoms with E-state index in [0.29, 0.717) is 11.8 Å². The highest BCUT2D eigenvalue weighted by Crippen LogP contribution is 2.34. The van der Waals surface area contributed by atoms with Crippen LogP contribution in [-0.4, -0.2) is 65.6 Å². The number of imidazole rings is 1. The molecule has 2 N–H and O–H groups in total. The summed E-state index contributed by atoms with van der Waals surface area (Å²) in [6, 6.07) is 17.6. The second-order valence-corrected chi connectivity index (χ2v) is 13.6. The lowest BCUT2D eigenvalue weighted by molar-refractivity contribution is 0.266. The molecule has 3 heterocycles. The second-order valence-electron chi connectivity index (χ2n) is 11.4. The Morgan fingerprint density at radius 3 is 2.66 bits per heavy atom. The van der Waals surface area contributed by atoms with Crippen LogP contribution in [0.1, 0.15) is 29.5 Å². The van der Waals surface area contributed by atoms with Crippen molar-refractivity contribution in [2.45, 2.75) is 38.5 Å². The van der Waals surface area contributed by atoms with Crippen LogP contribution >= 0.6 is 0 Å². The normalized spacial score (nSPS) is 15.2. The number of methoxy groups -OCH3 is 1. The zero-order valence-electron chi connectivity index (χ0n) is 25.3. The number of aliphatic hydroxyl groups excluding tert-OH is 1. The highest BCUT2D eigenvalue weighted by atomic mass is 32.2. The molecule has 228 valence electrons. The summed E-state index contributed by atoms with van der Waals surface area (Å²) in [7, 11) is -1.49. The molecule has 0 spiro atoms. The summed E-state index contributed by atoms with van der Waals surface area (Å²) in [5.41, 5.74) is 6.41. The van der Waals surface area contributed by atoms with E-state index < -0.39 is 9.84 Å². The first-order chi connectivity index (χ1) is 21.1. The number of aryl methyl sites for hydroxylation is 1. The van der Waals surface area contributed by atoms with Crippen molar-refractivity contribution in [1.82, 2.24) is 19.5 Å². The van der Waals surface area contributed by atoms with E-state index in [9.17, 15) is 13.5 Å². The Labute approximate surface area is 257 Å². The maximum Gasteiger partial charge on any atom is 0.230 e. The number of sulfone groups is 1. The van der Waals surface area contributed by atoms with Gasteiger partial charge in [0.15, 0.2) is 15.7 Å². The molecule has 11 heteroatoms. The molecule has 1 fully saturated rings. The van der Waals surface area contributed by atoms with Crippen molar-refractivity contribution in [3.05, 3.63) is 83.8 Å². The minimum atomic E-state index is -3.16. The number of aromatic nitrogens is 4. The summed E-state index contributed by atoms with van der Waals surface area (Å²) in [5, 5.41) is 14.3. The molecule has 0 unspecified atom stereocenters. The molecule has 6 rings (SSSR count). The fourth-order valence-corrected chi connectivity index (χ4v) is 6.61. The summed E-state index contributed by atoms with van der Waals surface area (Å²) in [4.78, 5) is 16.5. The number of fused-ring (bicyclic) bond motifs is 1. The fraction of sp³-hybridized carbons (Fsp3) is 0.303. The van der Waals surface area contributed by atoms with Gasteiger partial charge in [0.05, 0.1) is 42.9 Å². The topological polar surface area (TPSA) is 122 Å². The molecule has 2 aromatic heterocycles. The Hall–Kier alpha value is -4.48.